The van der Waals surface area contributed by atoms with E-state index in [1.807, 2.05) is 48.5 Å². The van der Waals surface area contributed by atoms with Crippen molar-refractivity contribution >= 4 is 99.0 Å². The Kier molecular flexibility index (Phi) is 9.02. The zero-order valence-electron chi connectivity index (χ0n) is 34.2. The Hall–Kier alpha value is -8.13. The molecule has 12 rings (SSSR count). The highest BCUT2D eigenvalue weighted by molar-refractivity contribution is 7.21. The van der Waals surface area contributed by atoms with Crippen LogP contribution < -0.4 is 9.80 Å². The lowest BCUT2D eigenvalue weighted by Gasteiger charge is -2.27. The summed E-state index contributed by atoms with van der Waals surface area (Å²) in [6, 6.07) is 72.8. The van der Waals surface area contributed by atoms with E-state index in [1.54, 1.807) is 11.3 Å². The SMILES string of the molecule is Fc1ccc(N(c2ccc3c(ccc4cc(N(c5ccc(F)cc5)c5ccc6c(c5)c5ccccc5n6-c5ccccc5)ccc43)c2)c2ccc3nc(-c4ccccc4)sc3c2)cc1. The van der Waals surface area contributed by atoms with Crippen LogP contribution in [0.2, 0.25) is 0 Å². The Bertz CT molecular complexity index is 3700. The topological polar surface area (TPSA) is 24.3 Å². The van der Waals surface area contributed by atoms with Gasteiger partial charge in [0.25, 0.3) is 0 Å². The number of aromatic nitrogens is 2. The molecular formula is C57H36F2N4S. The number of nitrogens with zero attached hydrogens (tertiary/aromatic N) is 4. The smallest absolute Gasteiger partial charge is 0.124 e. The quantitative estimate of drug-likeness (QED) is 0.142. The molecule has 0 bridgehead atoms. The second-order valence-electron chi connectivity index (χ2n) is 15.9. The number of halogens is 2. The predicted octanol–water partition coefficient (Wildman–Crippen LogP) is 16.6. The van der Waals surface area contributed by atoms with Crippen LogP contribution in [-0.2, 0) is 0 Å². The van der Waals surface area contributed by atoms with Crippen LogP contribution in [0.15, 0.2) is 218 Å². The lowest BCUT2D eigenvalue weighted by atomic mass is 10.00. The van der Waals surface area contributed by atoms with Crippen molar-refractivity contribution in [3.8, 4) is 16.3 Å². The summed E-state index contributed by atoms with van der Waals surface area (Å²) in [5.41, 5.74) is 10.9. The summed E-state index contributed by atoms with van der Waals surface area (Å²) in [7, 11) is 0. The highest BCUT2D eigenvalue weighted by atomic mass is 32.1. The molecule has 0 spiro atoms. The Morgan fingerprint density at radius 1 is 0.391 bits per heavy atom. The maximum atomic E-state index is 14.4. The van der Waals surface area contributed by atoms with Crippen molar-refractivity contribution in [1.82, 2.24) is 9.55 Å². The van der Waals surface area contributed by atoms with E-state index in [0.717, 1.165) is 104 Å². The highest BCUT2D eigenvalue weighted by Gasteiger charge is 2.20. The molecule has 0 fully saturated rings. The summed E-state index contributed by atoms with van der Waals surface area (Å²) in [6.07, 6.45) is 0. The molecule has 0 aliphatic carbocycles. The van der Waals surface area contributed by atoms with Crippen molar-refractivity contribution in [1.29, 1.82) is 0 Å². The van der Waals surface area contributed by atoms with Gasteiger partial charge in [-0.1, -0.05) is 91.0 Å². The first-order valence-electron chi connectivity index (χ1n) is 21.2. The third kappa shape index (κ3) is 6.53. The number of benzene rings is 10. The Morgan fingerprint density at radius 3 is 1.53 bits per heavy atom. The van der Waals surface area contributed by atoms with Gasteiger partial charge in [0.15, 0.2) is 0 Å². The Labute approximate surface area is 371 Å². The zero-order valence-corrected chi connectivity index (χ0v) is 35.1. The molecule has 2 aromatic heterocycles. The first-order valence-corrected chi connectivity index (χ1v) is 22.0. The molecule has 0 unspecified atom stereocenters. The average molecular weight is 847 g/mol. The minimum Gasteiger partial charge on any atom is -0.310 e. The number of thiazole rings is 1. The third-order valence-electron chi connectivity index (χ3n) is 12.1. The van der Waals surface area contributed by atoms with Crippen LogP contribution in [0.1, 0.15) is 0 Å². The van der Waals surface area contributed by atoms with Crippen molar-refractivity contribution in [2.75, 3.05) is 9.80 Å². The van der Waals surface area contributed by atoms with Crippen LogP contribution in [0.5, 0.6) is 0 Å². The lowest BCUT2D eigenvalue weighted by Crippen LogP contribution is -2.10. The van der Waals surface area contributed by atoms with Crippen LogP contribution in [0, 0.1) is 11.6 Å². The van der Waals surface area contributed by atoms with Crippen LogP contribution in [-0.4, -0.2) is 9.55 Å². The van der Waals surface area contributed by atoms with Crippen LogP contribution in [0.25, 0.3) is 69.8 Å². The molecule has 10 aromatic carbocycles. The first kappa shape index (κ1) is 37.6. The maximum Gasteiger partial charge on any atom is 0.124 e. The molecule has 0 saturated heterocycles. The second kappa shape index (κ2) is 15.3. The Morgan fingerprint density at radius 2 is 0.891 bits per heavy atom. The second-order valence-corrected chi connectivity index (χ2v) is 17.0. The molecule has 0 atom stereocenters. The van der Waals surface area contributed by atoms with Gasteiger partial charge in [-0.3, -0.25) is 0 Å². The van der Waals surface area contributed by atoms with E-state index >= 15 is 0 Å². The molecule has 0 saturated carbocycles. The van der Waals surface area contributed by atoms with Crippen molar-refractivity contribution in [3.05, 3.63) is 230 Å². The van der Waals surface area contributed by atoms with Gasteiger partial charge in [-0.2, -0.15) is 0 Å². The van der Waals surface area contributed by atoms with Gasteiger partial charge in [0.2, 0.25) is 0 Å². The van der Waals surface area contributed by atoms with Gasteiger partial charge in [0, 0.05) is 56.1 Å². The van der Waals surface area contributed by atoms with E-state index in [1.165, 1.54) is 24.3 Å². The predicted molar refractivity (Wildman–Crippen MR) is 264 cm³/mol. The van der Waals surface area contributed by atoms with Gasteiger partial charge < -0.3 is 14.4 Å². The lowest BCUT2D eigenvalue weighted by molar-refractivity contribution is 0.627. The molecule has 12 aromatic rings. The fraction of sp³-hybridized carbons (Fsp3) is 0. The molecule has 0 aliphatic rings. The molecule has 0 aliphatic heterocycles. The van der Waals surface area contributed by atoms with Crippen molar-refractivity contribution in [2.45, 2.75) is 0 Å². The van der Waals surface area contributed by atoms with Crippen LogP contribution >= 0.6 is 11.3 Å². The van der Waals surface area contributed by atoms with E-state index in [-0.39, 0.29) is 11.6 Å². The average Bonchev–Trinajstić information content (AvgIpc) is 3.92. The van der Waals surface area contributed by atoms with E-state index < -0.39 is 0 Å². The number of rotatable bonds is 8. The van der Waals surface area contributed by atoms with Crippen molar-refractivity contribution < 1.29 is 8.78 Å². The van der Waals surface area contributed by atoms with E-state index in [9.17, 15) is 8.78 Å². The van der Waals surface area contributed by atoms with Gasteiger partial charge in [-0.15, -0.1) is 11.3 Å². The van der Waals surface area contributed by atoms with Crippen molar-refractivity contribution in [2.24, 2.45) is 0 Å². The summed E-state index contributed by atoms with van der Waals surface area (Å²) in [5, 5.41) is 7.63. The molecule has 4 nitrogen and oxygen atoms in total. The largest absolute Gasteiger partial charge is 0.310 e. The molecule has 2 heterocycles. The summed E-state index contributed by atoms with van der Waals surface area (Å²) >= 11 is 1.66. The maximum absolute atomic E-state index is 14.4. The van der Waals surface area contributed by atoms with Crippen molar-refractivity contribution in [3.63, 3.8) is 0 Å². The van der Waals surface area contributed by atoms with Gasteiger partial charge >= 0.3 is 0 Å². The molecular weight excluding hydrogens is 811 g/mol. The number of fused-ring (bicyclic) bond motifs is 7. The van der Waals surface area contributed by atoms with E-state index in [4.69, 9.17) is 4.98 Å². The number of anilines is 6. The minimum absolute atomic E-state index is 0.284. The monoisotopic (exact) mass is 846 g/mol. The molecule has 7 heteroatoms. The fourth-order valence-electron chi connectivity index (χ4n) is 9.11. The summed E-state index contributed by atoms with van der Waals surface area (Å²) < 4.78 is 32.1. The van der Waals surface area contributed by atoms with Gasteiger partial charge in [-0.05, 0) is 149 Å². The van der Waals surface area contributed by atoms with Gasteiger partial charge in [0.05, 0.1) is 21.3 Å². The number of hydrogen-bond donors (Lipinski definition) is 0. The van der Waals surface area contributed by atoms with Crippen LogP contribution in [0.3, 0.4) is 0 Å². The highest BCUT2D eigenvalue weighted by Crippen LogP contribution is 2.43. The molecule has 0 N–H and O–H groups in total. The van der Waals surface area contributed by atoms with E-state index in [0.29, 0.717) is 0 Å². The molecule has 304 valence electrons. The van der Waals surface area contributed by atoms with Gasteiger partial charge in [-0.25, -0.2) is 13.8 Å². The van der Waals surface area contributed by atoms with Crippen LogP contribution in [0.4, 0.5) is 42.9 Å². The standard InChI is InChI=1S/C57H36F2N4S/c58-40-17-21-43(22-18-40)61(47-28-32-55-52(35-47)51-13-7-8-14-54(51)63(55)42-11-5-2-6-12-42)45-25-29-49-38(33-45)15-16-39-34-46(26-30-50(39)49)62(44-23-19-41(59)20-24-44)48-27-31-53-56(36-48)64-57(60-53)37-9-3-1-4-10-37/h1-36H. The summed E-state index contributed by atoms with van der Waals surface area (Å²) in [5.74, 6) is -0.568. The Balaban J connectivity index is 0.955. The minimum atomic E-state index is -0.285. The zero-order chi connectivity index (χ0) is 42.7. The number of hydrogen-bond acceptors (Lipinski definition) is 4. The van der Waals surface area contributed by atoms with E-state index in [2.05, 4.69) is 160 Å². The van der Waals surface area contributed by atoms with Gasteiger partial charge in [0.1, 0.15) is 16.6 Å². The molecule has 64 heavy (non-hydrogen) atoms. The molecule has 0 radical (unpaired) electrons. The summed E-state index contributed by atoms with van der Waals surface area (Å²) in [4.78, 5) is 9.30. The first-order chi connectivity index (χ1) is 31.5. The fourth-order valence-corrected chi connectivity index (χ4v) is 10.1. The third-order valence-corrected chi connectivity index (χ3v) is 13.1. The summed E-state index contributed by atoms with van der Waals surface area (Å²) in [6.45, 7) is 0. The normalized spacial score (nSPS) is 11.6. The molecule has 0 amide bonds. The number of para-hydroxylation sites is 2.